The average molecular weight is 556 g/mol. The van der Waals surface area contributed by atoms with Crippen molar-refractivity contribution >= 4 is 17.2 Å². The van der Waals surface area contributed by atoms with Gasteiger partial charge in [-0.1, -0.05) is 86.5 Å². The lowest BCUT2D eigenvalue weighted by Crippen LogP contribution is -2.26. The van der Waals surface area contributed by atoms with E-state index in [4.69, 9.17) is 14.5 Å². The first-order chi connectivity index (χ1) is 19.7. The molecule has 1 aliphatic heterocycles. The lowest BCUT2D eigenvalue weighted by Gasteiger charge is -2.25. The van der Waals surface area contributed by atoms with Gasteiger partial charge in [0.2, 0.25) is 6.79 Å². The minimum absolute atomic E-state index is 0.0888. The highest BCUT2D eigenvalue weighted by Gasteiger charge is 2.20. The van der Waals surface area contributed by atoms with Gasteiger partial charge in [-0.25, -0.2) is 4.98 Å². The van der Waals surface area contributed by atoms with E-state index in [0.717, 1.165) is 60.8 Å². The standard InChI is InChI=1S/C33H37N3O3S/c1-2-3-10-18-34-33(37)29-23-40-32(35-29)22-36(21-25-15-16-30-31(20-25)39-24-38-30)19-17-28(26-11-6-4-7-12-26)27-13-8-5-9-14-27/h4-9,11-16,20,23,28H,2-3,10,17-19,21-22,24H2,1H3,(H,34,37). The van der Waals surface area contributed by atoms with E-state index in [2.05, 4.69) is 89.9 Å². The number of amides is 1. The highest BCUT2D eigenvalue weighted by Crippen LogP contribution is 2.33. The molecule has 6 nitrogen and oxygen atoms in total. The normalized spacial score (nSPS) is 12.3. The summed E-state index contributed by atoms with van der Waals surface area (Å²) in [5.74, 6) is 1.77. The fourth-order valence-corrected chi connectivity index (χ4v) is 5.88. The Morgan fingerprint density at radius 2 is 1.68 bits per heavy atom. The van der Waals surface area contributed by atoms with Crippen LogP contribution in [0.15, 0.2) is 84.2 Å². The maximum atomic E-state index is 12.6. The maximum absolute atomic E-state index is 12.6. The van der Waals surface area contributed by atoms with Gasteiger partial charge in [0.1, 0.15) is 10.7 Å². The molecule has 0 aliphatic carbocycles. The van der Waals surface area contributed by atoms with Crippen LogP contribution >= 0.6 is 11.3 Å². The summed E-state index contributed by atoms with van der Waals surface area (Å²) in [4.78, 5) is 19.8. The molecule has 0 spiro atoms. The van der Waals surface area contributed by atoms with Crippen LogP contribution < -0.4 is 14.8 Å². The number of rotatable bonds is 14. The minimum Gasteiger partial charge on any atom is -0.454 e. The SMILES string of the molecule is CCCCCNC(=O)c1csc(CN(CCC(c2ccccc2)c2ccccc2)Cc2ccc3c(c2)OCO3)n1. The summed E-state index contributed by atoms with van der Waals surface area (Å²) in [5, 5.41) is 5.82. The number of aromatic nitrogens is 1. The third-order valence-corrected chi connectivity index (χ3v) is 8.02. The second-order valence-electron chi connectivity index (χ2n) is 10.2. The molecule has 0 unspecified atom stereocenters. The highest BCUT2D eigenvalue weighted by molar-refractivity contribution is 7.09. The molecular formula is C33H37N3O3S. The number of unbranched alkanes of at least 4 members (excludes halogenated alkanes) is 2. The topological polar surface area (TPSA) is 63.7 Å². The van der Waals surface area contributed by atoms with E-state index in [9.17, 15) is 4.79 Å². The molecule has 3 aromatic carbocycles. The fourth-order valence-electron chi connectivity index (χ4n) is 5.07. The first kappa shape index (κ1) is 27.9. The third-order valence-electron chi connectivity index (χ3n) is 7.19. The second-order valence-corrected chi connectivity index (χ2v) is 11.1. The Labute approximate surface area is 241 Å². The van der Waals surface area contributed by atoms with Crippen molar-refractivity contribution in [3.05, 3.63) is 112 Å². The highest BCUT2D eigenvalue weighted by atomic mass is 32.1. The van der Waals surface area contributed by atoms with E-state index < -0.39 is 0 Å². The summed E-state index contributed by atoms with van der Waals surface area (Å²) in [6.45, 7) is 5.38. The van der Waals surface area contributed by atoms with Gasteiger partial charge in [0.05, 0.1) is 6.54 Å². The predicted octanol–water partition coefficient (Wildman–Crippen LogP) is 7.02. The van der Waals surface area contributed by atoms with E-state index in [1.165, 1.54) is 11.1 Å². The Morgan fingerprint density at radius 3 is 2.40 bits per heavy atom. The molecule has 1 amide bonds. The van der Waals surface area contributed by atoms with Crippen molar-refractivity contribution < 1.29 is 14.3 Å². The Bertz CT molecular complexity index is 1320. The molecule has 1 aliphatic rings. The van der Waals surface area contributed by atoms with Crippen molar-refractivity contribution in [2.45, 2.75) is 51.6 Å². The number of hydrogen-bond donors (Lipinski definition) is 1. The van der Waals surface area contributed by atoms with Crippen molar-refractivity contribution in [1.82, 2.24) is 15.2 Å². The van der Waals surface area contributed by atoms with Crippen molar-refractivity contribution in [3.8, 4) is 11.5 Å². The number of fused-ring (bicyclic) bond motifs is 1. The lowest BCUT2D eigenvalue weighted by molar-refractivity contribution is 0.0948. The number of nitrogens with zero attached hydrogens (tertiary/aromatic N) is 2. The van der Waals surface area contributed by atoms with Gasteiger partial charge in [-0.15, -0.1) is 11.3 Å². The minimum atomic E-state index is -0.0888. The van der Waals surface area contributed by atoms with E-state index >= 15 is 0 Å². The van der Waals surface area contributed by atoms with Crippen LogP contribution in [-0.4, -0.2) is 35.7 Å². The van der Waals surface area contributed by atoms with Crippen LogP contribution in [0.2, 0.25) is 0 Å². The molecule has 4 aromatic rings. The third kappa shape index (κ3) is 7.49. The Morgan fingerprint density at radius 1 is 0.950 bits per heavy atom. The number of ether oxygens (including phenoxy) is 2. The molecule has 2 heterocycles. The average Bonchev–Trinajstić information content (AvgIpc) is 3.66. The van der Waals surface area contributed by atoms with E-state index in [-0.39, 0.29) is 18.6 Å². The first-order valence-electron chi connectivity index (χ1n) is 14.1. The summed E-state index contributed by atoms with van der Waals surface area (Å²) in [7, 11) is 0. The zero-order chi connectivity index (χ0) is 27.6. The van der Waals surface area contributed by atoms with Gasteiger partial charge in [0.25, 0.3) is 5.91 Å². The molecule has 40 heavy (non-hydrogen) atoms. The van der Waals surface area contributed by atoms with E-state index in [1.807, 2.05) is 11.4 Å². The predicted molar refractivity (Wildman–Crippen MR) is 160 cm³/mol. The van der Waals surface area contributed by atoms with Crippen molar-refractivity contribution in [3.63, 3.8) is 0 Å². The lowest BCUT2D eigenvalue weighted by atomic mass is 9.88. The van der Waals surface area contributed by atoms with Crippen molar-refractivity contribution in [2.75, 3.05) is 19.9 Å². The number of thiazole rings is 1. The van der Waals surface area contributed by atoms with Crippen LogP contribution in [0.4, 0.5) is 0 Å². The Kier molecular flexibility index (Phi) is 9.82. The van der Waals surface area contributed by atoms with Crippen molar-refractivity contribution in [2.24, 2.45) is 0 Å². The summed E-state index contributed by atoms with van der Waals surface area (Å²) in [6.07, 6.45) is 4.19. The smallest absolute Gasteiger partial charge is 0.270 e. The van der Waals surface area contributed by atoms with Gasteiger partial charge in [-0.05, 0) is 48.2 Å². The molecule has 208 valence electrons. The van der Waals surface area contributed by atoms with Gasteiger partial charge in [-0.2, -0.15) is 0 Å². The van der Waals surface area contributed by atoms with Gasteiger partial charge in [-0.3, -0.25) is 9.69 Å². The molecule has 1 aromatic heterocycles. The zero-order valence-electron chi connectivity index (χ0n) is 23.1. The van der Waals surface area contributed by atoms with Crippen LogP contribution in [-0.2, 0) is 13.1 Å². The van der Waals surface area contributed by atoms with Crippen LogP contribution in [0.25, 0.3) is 0 Å². The summed E-state index contributed by atoms with van der Waals surface area (Å²) >= 11 is 1.55. The summed E-state index contributed by atoms with van der Waals surface area (Å²) in [6, 6.07) is 27.6. The molecule has 0 saturated carbocycles. The molecule has 0 saturated heterocycles. The van der Waals surface area contributed by atoms with Gasteiger partial charge < -0.3 is 14.8 Å². The molecule has 5 rings (SSSR count). The number of hydrogen-bond acceptors (Lipinski definition) is 6. The van der Waals surface area contributed by atoms with Crippen LogP contribution in [0.1, 0.15) is 70.7 Å². The molecule has 0 atom stereocenters. The molecular weight excluding hydrogens is 518 g/mol. The van der Waals surface area contributed by atoms with E-state index in [0.29, 0.717) is 18.8 Å². The van der Waals surface area contributed by atoms with Gasteiger partial charge in [0.15, 0.2) is 11.5 Å². The fraction of sp³-hybridized carbons (Fsp3) is 0.333. The van der Waals surface area contributed by atoms with Gasteiger partial charge in [0, 0.05) is 24.4 Å². The van der Waals surface area contributed by atoms with Crippen LogP contribution in [0.5, 0.6) is 11.5 Å². The first-order valence-corrected chi connectivity index (χ1v) is 15.0. The monoisotopic (exact) mass is 555 g/mol. The van der Waals surface area contributed by atoms with Crippen LogP contribution in [0.3, 0.4) is 0 Å². The molecule has 0 fully saturated rings. The molecule has 1 N–H and O–H groups in total. The maximum Gasteiger partial charge on any atom is 0.270 e. The van der Waals surface area contributed by atoms with E-state index in [1.54, 1.807) is 11.3 Å². The quantitative estimate of drug-likeness (QED) is 0.170. The number of carbonyl (C=O) groups is 1. The number of nitrogens with one attached hydrogen (secondary N) is 1. The Balaban J connectivity index is 1.32. The summed E-state index contributed by atoms with van der Waals surface area (Å²) in [5.41, 5.74) is 4.29. The number of benzene rings is 3. The van der Waals surface area contributed by atoms with Crippen molar-refractivity contribution in [1.29, 1.82) is 0 Å². The van der Waals surface area contributed by atoms with Gasteiger partial charge >= 0.3 is 0 Å². The zero-order valence-corrected chi connectivity index (χ0v) is 23.9. The largest absolute Gasteiger partial charge is 0.454 e. The number of carbonyl (C=O) groups excluding carboxylic acids is 1. The molecule has 7 heteroatoms. The molecule has 0 bridgehead atoms. The van der Waals surface area contributed by atoms with Crippen LogP contribution in [0, 0.1) is 0 Å². The second kappa shape index (κ2) is 14.1. The Hall–Kier alpha value is -3.68. The molecule has 0 radical (unpaired) electrons. The summed E-state index contributed by atoms with van der Waals surface area (Å²) < 4.78 is 11.2.